The van der Waals surface area contributed by atoms with E-state index in [0.29, 0.717) is 31.6 Å². The maximum Gasteiger partial charge on any atom is 0.309 e. The van der Waals surface area contributed by atoms with Crippen LogP contribution in [0.4, 0.5) is 0 Å². The molecule has 0 bridgehead atoms. The Labute approximate surface area is 194 Å². The molecule has 0 aromatic heterocycles. The summed E-state index contributed by atoms with van der Waals surface area (Å²) in [4.78, 5) is 37.4. The lowest BCUT2D eigenvalue weighted by molar-refractivity contribution is -0.170. The number of ketones is 1. The summed E-state index contributed by atoms with van der Waals surface area (Å²) in [5.74, 6) is -0.312. The van der Waals surface area contributed by atoms with E-state index in [1.807, 2.05) is 0 Å². The van der Waals surface area contributed by atoms with Crippen molar-refractivity contribution >= 4 is 17.7 Å². The van der Waals surface area contributed by atoms with Crippen molar-refractivity contribution in [2.75, 3.05) is 14.2 Å². The van der Waals surface area contributed by atoms with Gasteiger partial charge in [0.15, 0.2) is 5.78 Å². The summed E-state index contributed by atoms with van der Waals surface area (Å²) >= 11 is 0. The molecule has 7 nitrogen and oxygen atoms in total. The molecule has 1 spiro atoms. The van der Waals surface area contributed by atoms with Gasteiger partial charge in [0.2, 0.25) is 0 Å². The Hall–Kier alpha value is -1.73. The van der Waals surface area contributed by atoms with Gasteiger partial charge in [-0.25, -0.2) is 0 Å². The molecule has 7 heteroatoms. The zero-order valence-corrected chi connectivity index (χ0v) is 19.9. The fraction of sp³-hybridized carbons (Fsp3) is 0.808. The standard InChI is InChI=1S/C26H34O7/c1-23-7-5-14(27)9-13(23)10-16(22(29)32-4)21-20-15-11-17(15)25(30,8-6-19(28)31-3)24(20,2)12-18-26(21,23)33-18/h9,15-18,20-21,30H,5-8,10-12H2,1-4H3/t15-,16-,17+,18-,20+,21+,23+,24+,25+,26-/m1/s1. The van der Waals surface area contributed by atoms with Crippen LogP contribution in [0.3, 0.4) is 0 Å². The van der Waals surface area contributed by atoms with E-state index in [9.17, 15) is 19.5 Å². The van der Waals surface area contributed by atoms with E-state index in [1.54, 1.807) is 6.08 Å². The average Bonchev–Trinajstić information content (AvgIpc) is 3.69. The van der Waals surface area contributed by atoms with Crippen LogP contribution >= 0.6 is 0 Å². The molecule has 0 radical (unpaired) electrons. The molecule has 33 heavy (non-hydrogen) atoms. The van der Waals surface area contributed by atoms with E-state index in [4.69, 9.17) is 14.2 Å². The van der Waals surface area contributed by atoms with E-state index in [-0.39, 0.29) is 59.3 Å². The summed E-state index contributed by atoms with van der Waals surface area (Å²) in [6.45, 7) is 4.37. The van der Waals surface area contributed by atoms with Crippen molar-refractivity contribution in [2.24, 2.45) is 40.4 Å². The van der Waals surface area contributed by atoms with Crippen molar-refractivity contribution in [1.82, 2.24) is 0 Å². The first kappa shape index (κ1) is 21.8. The first-order valence-electron chi connectivity index (χ1n) is 12.4. The number of hydrogen-bond acceptors (Lipinski definition) is 7. The highest BCUT2D eigenvalue weighted by atomic mass is 16.6. The van der Waals surface area contributed by atoms with Gasteiger partial charge < -0.3 is 19.3 Å². The molecule has 1 aliphatic heterocycles. The number of ether oxygens (including phenoxy) is 3. The van der Waals surface area contributed by atoms with Gasteiger partial charge in [-0.1, -0.05) is 19.4 Å². The molecule has 0 amide bonds. The van der Waals surface area contributed by atoms with Crippen molar-refractivity contribution in [1.29, 1.82) is 0 Å². The molecule has 6 aliphatic rings. The smallest absolute Gasteiger partial charge is 0.309 e. The summed E-state index contributed by atoms with van der Waals surface area (Å²) in [5, 5.41) is 12.1. The predicted octanol–water partition coefficient (Wildman–Crippen LogP) is 2.59. The Morgan fingerprint density at radius 3 is 2.67 bits per heavy atom. The Bertz CT molecular complexity index is 987. The van der Waals surface area contributed by atoms with Gasteiger partial charge in [-0.2, -0.15) is 0 Å². The first-order chi connectivity index (χ1) is 15.6. The third kappa shape index (κ3) is 2.41. The number of epoxide rings is 1. The van der Waals surface area contributed by atoms with Gasteiger partial charge in [0.25, 0.3) is 0 Å². The molecule has 1 saturated heterocycles. The Morgan fingerprint density at radius 2 is 1.97 bits per heavy atom. The number of aliphatic hydroxyl groups is 1. The maximum absolute atomic E-state index is 13.2. The van der Waals surface area contributed by atoms with Crippen LogP contribution in [0.25, 0.3) is 0 Å². The van der Waals surface area contributed by atoms with Crippen LogP contribution in [0.5, 0.6) is 0 Å². The largest absolute Gasteiger partial charge is 0.469 e. The maximum atomic E-state index is 13.2. The van der Waals surface area contributed by atoms with Crippen LogP contribution in [0, 0.1) is 40.4 Å². The summed E-state index contributed by atoms with van der Waals surface area (Å²) in [7, 11) is 2.81. The number of carbonyl (C=O) groups excluding carboxylic acids is 3. The lowest BCUT2D eigenvalue weighted by Crippen LogP contribution is -2.64. The van der Waals surface area contributed by atoms with Crippen LogP contribution in [0.2, 0.25) is 0 Å². The van der Waals surface area contributed by atoms with Gasteiger partial charge in [0, 0.05) is 29.6 Å². The summed E-state index contributed by atoms with van der Waals surface area (Å²) in [6, 6.07) is 0. The highest BCUT2D eigenvalue weighted by molar-refractivity contribution is 5.92. The quantitative estimate of drug-likeness (QED) is 0.510. The fourth-order valence-electron chi connectivity index (χ4n) is 9.36. The van der Waals surface area contributed by atoms with E-state index >= 15 is 0 Å². The van der Waals surface area contributed by atoms with Crippen LogP contribution in [-0.4, -0.2) is 54.4 Å². The van der Waals surface area contributed by atoms with Gasteiger partial charge in [0.1, 0.15) is 5.60 Å². The number of fused-ring (bicyclic) bond motifs is 5. The molecule has 5 fully saturated rings. The number of methoxy groups -OCH3 is 2. The Balaban J connectivity index is 1.45. The number of esters is 2. The topological polar surface area (TPSA) is 102 Å². The van der Waals surface area contributed by atoms with Gasteiger partial charge in [0.05, 0.1) is 31.8 Å². The second-order valence-corrected chi connectivity index (χ2v) is 11.9. The van der Waals surface area contributed by atoms with E-state index < -0.39 is 16.6 Å². The molecular weight excluding hydrogens is 424 g/mol. The van der Waals surface area contributed by atoms with Crippen molar-refractivity contribution in [3.63, 3.8) is 0 Å². The predicted molar refractivity (Wildman–Crippen MR) is 116 cm³/mol. The molecule has 0 aromatic rings. The molecular formula is C26H34O7. The lowest BCUT2D eigenvalue weighted by atomic mass is 9.42. The fourth-order valence-corrected chi connectivity index (χ4v) is 9.36. The number of carbonyl (C=O) groups is 3. The zero-order chi connectivity index (χ0) is 23.6. The molecule has 5 aliphatic carbocycles. The summed E-state index contributed by atoms with van der Waals surface area (Å²) < 4.78 is 16.8. The molecule has 0 aromatic carbocycles. The Kier molecular flexibility index (Phi) is 4.28. The molecule has 1 heterocycles. The third-order valence-corrected chi connectivity index (χ3v) is 11.0. The Morgan fingerprint density at radius 1 is 1.21 bits per heavy atom. The third-order valence-electron chi connectivity index (χ3n) is 11.0. The van der Waals surface area contributed by atoms with Gasteiger partial charge >= 0.3 is 11.9 Å². The van der Waals surface area contributed by atoms with Crippen molar-refractivity contribution in [2.45, 2.75) is 76.1 Å². The average molecular weight is 459 g/mol. The summed E-state index contributed by atoms with van der Waals surface area (Å²) in [5.41, 5.74) is -1.16. The highest BCUT2D eigenvalue weighted by Crippen LogP contribution is 2.83. The van der Waals surface area contributed by atoms with Gasteiger partial charge in [-0.3, -0.25) is 14.4 Å². The minimum Gasteiger partial charge on any atom is -0.469 e. The van der Waals surface area contributed by atoms with Gasteiger partial charge in [-0.15, -0.1) is 0 Å². The van der Waals surface area contributed by atoms with Crippen LogP contribution < -0.4 is 0 Å². The molecule has 4 saturated carbocycles. The molecule has 6 rings (SSSR count). The second-order valence-electron chi connectivity index (χ2n) is 11.9. The van der Waals surface area contributed by atoms with E-state index in [2.05, 4.69) is 13.8 Å². The van der Waals surface area contributed by atoms with Crippen molar-refractivity contribution in [3.05, 3.63) is 11.6 Å². The van der Waals surface area contributed by atoms with Crippen molar-refractivity contribution < 1.29 is 33.7 Å². The second kappa shape index (κ2) is 6.48. The van der Waals surface area contributed by atoms with Crippen LogP contribution in [0.1, 0.15) is 58.8 Å². The SMILES string of the molecule is COC(=O)CC[C@]1(O)[C@H]2C[C@H]2[C@H]2[C@@H]3[C@H](C(=O)OC)CC4=CC(=O)CC[C@]4(C)[C@]34O[C@@H]4C[C@@]21C. The van der Waals surface area contributed by atoms with Crippen LogP contribution in [0.15, 0.2) is 11.6 Å². The minimum absolute atomic E-state index is 0.0637. The summed E-state index contributed by atoms with van der Waals surface area (Å²) in [6.07, 6.45) is 5.64. The monoisotopic (exact) mass is 458 g/mol. The van der Waals surface area contributed by atoms with E-state index in [1.165, 1.54) is 14.2 Å². The molecule has 0 unspecified atom stereocenters. The molecule has 1 N–H and O–H groups in total. The zero-order valence-electron chi connectivity index (χ0n) is 19.9. The normalized spacial score (nSPS) is 52.9. The minimum atomic E-state index is -0.977. The molecule has 180 valence electrons. The highest BCUT2D eigenvalue weighted by Gasteiger charge is 2.87. The van der Waals surface area contributed by atoms with E-state index in [0.717, 1.165) is 18.4 Å². The lowest BCUT2D eigenvalue weighted by Gasteiger charge is -2.59. The van der Waals surface area contributed by atoms with Gasteiger partial charge in [-0.05, 0) is 55.9 Å². The molecule has 10 atom stereocenters. The number of hydrogen-bond donors (Lipinski definition) is 1. The van der Waals surface area contributed by atoms with Crippen LogP contribution in [-0.2, 0) is 28.6 Å². The van der Waals surface area contributed by atoms with Crippen molar-refractivity contribution in [3.8, 4) is 0 Å². The number of rotatable bonds is 4. The first-order valence-corrected chi connectivity index (χ1v) is 12.4.